The van der Waals surface area contributed by atoms with Crippen LogP contribution in [0.2, 0.25) is 0 Å². The highest BCUT2D eigenvalue weighted by Gasteiger charge is 2.17. The molecule has 3 heterocycles. The van der Waals surface area contributed by atoms with E-state index >= 15 is 0 Å². The highest BCUT2D eigenvalue weighted by Crippen LogP contribution is 2.25. The Balaban J connectivity index is 2.29. The number of carboxylic acid groups (broad SMARTS) is 1. The van der Waals surface area contributed by atoms with E-state index in [0.29, 0.717) is 12.1 Å². The number of rotatable bonds is 3. The average Bonchev–Trinajstić information content (AvgIpc) is 2.76. The van der Waals surface area contributed by atoms with Gasteiger partial charge in [-0.2, -0.15) is 0 Å². The average molecular weight is 298 g/mol. The van der Waals surface area contributed by atoms with E-state index in [-0.39, 0.29) is 6.42 Å². The van der Waals surface area contributed by atoms with Gasteiger partial charge in [0.25, 0.3) is 0 Å². The molecule has 0 fully saturated rings. The molecule has 0 amide bonds. The van der Waals surface area contributed by atoms with Crippen molar-refractivity contribution < 1.29 is 9.90 Å². The molecule has 0 spiro atoms. The van der Waals surface area contributed by atoms with Crippen molar-refractivity contribution in [2.45, 2.75) is 40.5 Å². The third kappa shape index (κ3) is 2.20. The van der Waals surface area contributed by atoms with E-state index in [0.717, 1.165) is 39.2 Å². The summed E-state index contributed by atoms with van der Waals surface area (Å²) in [5, 5.41) is 14.4. The van der Waals surface area contributed by atoms with Gasteiger partial charge in [0.1, 0.15) is 0 Å². The number of carbonyl (C=O) groups is 1. The molecule has 0 aliphatic rings. The summed E-state index contributed by atoms with van der Waals surface area (Å²) in [7, 11) is 0. The second-order valence-corrected chi connectivity index (χ2v) is 5.67. The molecule has 0 radical (unpaired) electrons. The first kappa shape index (κ1) is 14.4. The molecule has 0 bridgehead atoms. The lowest BCUT2D eigenvalue weighted by atomic mass is 10.1. The van der Waals surface area contributed by atoms with Gasteiger partial charge in [-0.25, -0.2) is 14.5 Å². The number of carboxylic acids is 1. The summed E-state index contributed by atoms with van der Waals surface area (Å²) in [6.45, 7) is 7.84. The normalized spacial score (nSPS) is 11.5. The van der Waals surface area contributed by atoms with Gasteiger partial charge >= 0.3 is 5.97 Å². The van der Waals surface area contributed by atoms with Crippen LogP contribution < -0.4 is 0 Å². The third-order valence-electron chi connectivity index (χ3n) is 4.00. The smallest absolute Gasteiger partial charge is 0.303 e. The monoisotopic (exact) mass is 298 g/mol. The van der Waals surface area contributed by atoms with E-state index in [4.69, 9.17) is 5.11 Å². The molecule has 3 aromatic heterocycles. The minimum atomic E-state index is -0.808. The number of nitrogens with zero attached hydrogens (tertiary/aromatic N) is 4. The molecule has 6 heteroatoms. The fourth-order valence-electron chi connectivity index (χ4n) is 2.96. The maximum Gasteiger partial charge on any atom is 0.303 e. The highest BCUT2D eigenvalue weighted by atomic mass is 16.4. The zero-order chi connectivity index (χ0) is 16.0. The molecule has 6 nitrogen and oxygen atoms in total. The van der Waals surface area contributed by atoms with Crippen LogP contribution in [0.15, 0.2) is 6.07 Å². The van der Waals surface area contributed by atoms with Crippen LogP contribution in [0.5, 0.6) is 0 Å². The molecular weight excluding hydrogens is 280 g/mol. The predicted molar refractivity (Wildman–Crippen MR) is 83.2 cm³/mol. The third-order valence-corrected chi connectivity index (χ3v) is 4.00. The summed E-state index contributed by atoms with van der Waals surface area (Å²) in [6.07, 6.45) is 0.545. The zero-order valence-corrected chi connectivity index (χ0v) is 13.1. The van der Waals surface area contributed by atoms with Gasteiger partial charge < -0.3 is 5.11 Å². The van der Waals surface area contributed by atoms with Crippen molar-refractivity contribution in [3.05, 3.63) is 34.3 Å². The van der Waals surface area contributed by atoms with Crippen LogP contribution in [0.25, 0.3) is 16.7 Å². The Morgan fingerprint density at radius 3 is 2.64 bits per heavy atom. The van der Waals surface area contributed by atoms with Crippen molar-refractivity contribution in [2.75, 3.05) is 0 Å². The van der Waals surface area contributed by atoms with E-state index in [1.165, 1.54) is 0 Å². The van der Waals surface area contributed by atoms with Gasteiger partial charge in [-0.15, -0.1) is 5.10 Å². The highest BCUT2D eigenvalue weighted by molar-refractivity contribution is 5.92. The van der Waals surface area contributed by atoms with Gasteiger partial charge in [0.2, 0.25) is 0 Å². The van der Waals surface area contributed by atoms with E-state index in [2.05, 4.69) is 15.1 Å². The maximum absolute atomic E-state index is 10.8. The predicted octanol–water partition coefficient (Wildman–Crippen LogP) is 2.53. The number of aromatic nitrogens is 4. The van der Waals surface area contributed by atoms with Crippen LogP contribution in [-0.4, -0.2) is 30.7 Å². The lowest BCUT2D eigenvalue weighted by Gasteiger charge is -2.10. The minimum absolute atomic E-state index is 0.0893. The Morgan fingerprint density at radius 1 is 1.23 bits per heavy atom. The molecule has 1 N–H and O–H groups in total. The molecule has 0 aliphatic heterocycles. The molecule has 3 rings (SSSR count). The van der Waals surface area contributed by atoms with Crippen LogP contribution in [-0.2, 0) is 11.2 Å². The summed E-state index contributed by atoms with van der Waals surface area (Å²) in [4.78, 5) is 20.0. The Morgan fingerprint density at radius 2 is 1.95 bits per heavy atom. The quantitative estimate of drug-likeness (QED) is 0.803. The zero-order valence-electron chi connectivity index (χ0n) is 13.1. The molecule has 0 atom stereocenters. The maximum atomic E-state index is 10.8. The Kier molecular flexibility index (Phi) is 3.31. The molecule has 22 heavy (non-hydrogen) atoms. The molecule has 0 saturated heterocycles. The fraction of sp³-hybridized carbons (Fsp3) is 0.375. The first-order chi connectivity index (χ1) is 10.4. The molecule has 0 aromatic carbocycles. The minimum Gasteiger partial charge on any atom is -0.481 e. The van der Waals surface area contributed by atoms with Gasteiger partial charge in [-0.1, -0.05) is 0 Å². The van der Waals surface area contributed by atoms with Crippen molar-refractivity contribution in [1.29, 1.82) is 0 Å². The Bertz CT molecular complexity index is 912. The SMILES string of the molecule is Cc1cc(C)c2c(n1)nn1c(C)c(CCC(=O)O)c(C)nc21. The van der Waals surface area contributed by atoms with Crippen LogP contribution in [0.3, 0.4) is 0 Å². The van der Waals surface area contributed by atoms with Crippen molar-refractivity contribution >= 4 is 22.6 Å². The summed E-state index contributed by atoms with van der Waals surface area (Å²) in [5.74, 6) is -0.808. The van der Waals surface area contributed by atoms with Crippen LogP contribution in [0.1, 0.15) is 34.6 Å². The number of aliphatic carboxylic acids is 1. The molecule has 0 aliphatic carbocycles. The first-order valence-electron chi connectivity index (χ1n) is 7.23. The van der Waals surface area contributed by atoms with E-state index < -0.39 is 5.97 Å². The van der Waals surface area contributed by atoms with Crippen molar-refractivity contribution in [2.24, 2.45) is 0 Å². The first-order valence-corrected chi connectivity index (χ1v) is 7.23. The molecular formula is C16H18N4O2. The Labute approximate surface area is 127 Å². The van der Waals surface area contributed by atoms with Crippen LogP contribution in [0, 0.1) is 27.7 Å². The van der Waals surface area contributed by atoms with Gasteiger partial charge in [0.15, 0.2) is 11.3 Å². The van der Waals surface area contributed by atoms with E-state index in [9.17, 15) is 4.79 Å². The van der Waals surface area contributed by atoms with Gasteiger partial charge in [-0.05, 0) is 51.3 Å². The lowest BCUT2D eigenvalue weighted by molar-refractivity contribution is -0.136. The summed E-state index contributed by atoms with van der Waals surface area (Å²) in [5.41, 5.74) is 6.22. The van der Waals surface area contributed by atoms with Gasteiger partial charge in [0.05, 0.1) is 5.39 Å². The van der Waals surface area contributed by atoms with Gasteiger partial charge in [-0.3, -0.25) is 4.79 Å². The second kappa shape index (κ2) is 5.05. The van der Waals surface area contributed by atoms with Crippen molar-refractivity contribution in [3.63, 3.8) is 0 Å². The number of aryl methyl sites for hydroxylation is 4. The van der Waals surface area contributed by atoms with Crippen LogP contribution >= 0.6 is 0 Å². The standard InChI is InChI=1S/C16H18N4O2/c1-8-7-9(2)17-15-14(8)16-18-10(3)12(5-6-13(21)22)11(4)20(16)19-15/h7H,5-6H2,1-4H3,(H,21,22). The van der Waals surface area contributed by atoms with Crippen molar-refractivity contribution in [3.8, 4) is 0 Å². The Hall–Kier alpha value is -2.50. The summed E-state index contributed by atoms with van der Waals surface area (Å²) in [6, 6.07) is 2.02. The summed E-state index contributed by atoms with van der Waals surface area (Å²) < 4.78 is 1.79. The second-order valence-electron chi connectivity index (χ2n) is 5.67. The fourth-order valence-corrected chi connectivity index (χ4v) is 2.96. The van der Waals surface area contributed by atoms with E-state index in [1.807, 2.05) is 33.8 Å². The number of fused-ring (bicyclic) bond motifs is 3. The van der Waals surface area contributed by atoms with Gasteiger partial charge in [0, 0.05) is 23.5 Å². The molecule has 0 saturated carbocycles. The topological polar surface area (TPSA) is 80.4 Å². The molecule has 0 unspecified atom stereocenters. The van der Waals surface area contributed by atoms with Crippen molar-refractivity contribution in [1.82, 2.24) is 19.6 Å². The number of hydrogen-bond acceptors (Lipinski definition) is 4. The number of hydrogen-bond donors (Lipinski definition) is 1. The molecule has 114 valence electrons. The summed E-state index contributed by atoms with van der Waals surface area (Å²) >= 11 is 0. The lowest BCUT2D eigenvalue weighted by Crippen LogP contribution is -2.07. The van der Waals surface area contributed by atoms with Crippen LogP contribution in [0.4, 0.5) is 0 Å². The molecule has 3 aromatic rings. The van der Waals surface area contributed by atoms with E-state index in [1.54, 1.807) is 4.52 Å². The largest absolute Gasteiger partial charge is 0.481 e. The number of pyridine rings is 1.